The minimum Gasteiger partial charge on any atom is -0.506 e. The Morgan fingerprint density at radius 3 is 2.85 bits per heavy atom. The predicted octanol–water partition coefficient (Wildman–Crippen LogP) is 1.60. The Kier molecular flexibility index (Phi) is 3.19. The number of rotatable bonds is 3. The summed E-state index contributed by atoms with van der Waals surface area (Å²) in [5.41, 5.74) is 5.25. The van der Waals surface area contributed by atoms with Crippen LogP contribution in [0.15, 0.2) is 23.1 Å². The van der Waals surface area contributed by atoms with E-state index >= 15 is 0 Å². The van der Waals surface area contributed by atoms with Crippen LogP contribution in [0.5, 0.6) is 5.75 Å². The predicted molar refractivity (Wildman–Crippen MR) is 53.0 cm³/mol. The molecule has 13 heavy (non-hydrogen) atoms. The average Bonchev–Trinajstić information content (AvgIpc) is 2.08. The van der Waals surface area contributed by atoms with Crippen LogP contribution in [0, 0.1) is 0 Å². The van der Waals surface area contributed by atoms with Crippen LogP contribution in [0.4, 0.5) is 0 Å². The lowest BCUT2D eigenvalue weighted by atomic mass is 10.2. The quantitative estimate of drug-likeness (QED) is 0.723. The van der Waals surface area contributed by atoms with Crippen LogP contribution in [0.2, 0.25) is 0 Å². The molecule has 1 aromatic carbocycles. The number of carbonyl (C=O) groups excluding carboxylic acids is 1. The number of phenols is 1. The summed E-state index contributed by atoms with van der Waals surface area (Å²) in [6.45, 7) is 1.97. The molecule has 70 valence electrons. The number of hydrogen-bond donors (Lipinski definition) is 2. The van der Waals surface area contributed by atoms with E-state index < -0.39 is 5.91 Å². The van der Waals surface area contributed by atoms with Gasteiger partial charge in [0.15, 0.2) is 0 Å². The first kappa shape index (κ1) is 9.92. The molecule has 0 aliphatic rings. The zero-order valence-electron chi connectivity index (χ0n) is 7.28. The summed E-state index contributed by atoms with van der Waals surface area (Å²) in [4.78, 5) is 11.5. The molecule has 0 atom stereocenters. The van der Waals surface area contributed by atoms with Gasteiger partial charge in [-0.05, 0) is 17.9 Å². The van der Waals surface area contributed by atoms with Crippen molar-refractivity contribution in [2.45, 2.75) is 11.8 Å². The SMILES string of the molecule is CCSc1cccc(C(N)=O)c1O. The van der Waals surface area contributed by atoms with Crippen LogP contribution < -0.4 is 5.73 Å². The number of aromatic hydroxyl groups is 1. The molecule has 1 amide bonds. The molecule has 0 unspecified atom stereocenters. The Bertz CT molecular complexity index is 325. The summed E-state index contributed by atoms with van der Waals surface area (Å²) in [6.07, 6.45) is 0. The normalized spacial score (nSPS) is 9.92. The highest BCUT2D eigenvalue weighted by Crippen LogP contribution is 2.30. The van der Waals surface area contributed by atoms with Gasteiger partial charge in [-0.2, -0.15) is 0 Å². The van der Waals surface area contributed by atoms with Crippen LogP contribution in [0.3, 0.4) is 0 Å². The van der Waals surface area contributed by atoms with Crippen molar-refractivity contribution in [2.24, 2.45) is 5.73 Å². The lowest BCUT2D eigenvalue weighted by molar-refractivity contribution is 0.0997. The van der Waals surface area contributed by atoms with Gasteiger partial charge < -0.3 is 10.8 Å². The third-order valence-electron chi connectivity index (χ3n) is 1.56. The maximum Gasteiger partial charge on any atom is 0.252 e. The van der Waals surface area contributed by atoms with Crippen molar-refractivity contribution in [3.05, 3.63) is 23.8 Å². The Hall–Kier alpha value is -1.16. The monoisotopic (exact) mass is 197 g/mol. The van der Waals surface area contributed by atoms with Crippen LogP contribution in [-0.2, 0) is 0 Å². The third-order valence-corrected chi connectivity index (χ3v) is 2.49. The molecular weight excluding hydrogens is 186 g/mol. The first-order valence-electron chi connectivity index (χ1n) is 3.91. The molecule has 1 rings (SSSR count). The van der Waals surface area contributed by atoms with Crippen molar-refractivity contribution in [2.75, 3.05) is 5.75 Å². The average molecular weight is 197 g/mol. The first-order chi connectivity index (χ1) is 6.16. The van der Waals surface area contributed by atoms with E-state index in [2.05, 4.69) is 0 Å². The number of primary amides is 1. The number of thioether (sulfide) groups is 1. The molecule has 3 nitrogen and oxygen atoms in total. The Balaban J connectivity index is 3.10. The van der Waals surface area contributed by atoms with E-state index in [9.17, 15) is 9.90 Å². The van der Waals surface area contributed by atoms with Crippen molar-refractivity contribution in [1.29, 1.82) is 0 Å². The molecule has 0 radical (unpaired) electrons. The highest BCUT2D eigenvalue weighted by Gasteiger charge is 2.10. The standard InChI is InChI=1S/C9H11NO2S/c1-2-13-7-5-3-4-6(8(7)11)9(10)12/h3-5,11H,2H2,1H3,(H2,10,12). The highest BCUT2D eigenvalue weighted by molar-refractivity contribution is 7.99. The molecular formula is C9H11NO2S. The molecule has 0 aliphatic carbocycles. The van der Waals surface area contributed by atoms with E-state index in [1.807, 2.05) is 6.92 Å². The van der Waals surface area contributed by atoms with Gasteiger partial charge in [-0.3, -0.25) is 4.79 Å². The van der Waals surface area contributed by atoms with Crippen LogP contribution in [-0.4, -0.2) is 16.8 Å². The number of benzene rings is 1. The smallest absolute Gasteiger partial charge is 0.252 e. The van der Waals surface area contributed by atoms with Gasteiger partial charge in [0.1, 0.15) is 5.75 Å². The fourth-order valence-electron chi connectivity index (χ4n) is 0.993. The molecule has 0 heterocycles. The van der Waals surface area contributed by atoms with E-state index in [-0.39, 0.29) is 11.3 Å². The van der Waals surface area contributed by atoms with E-state index in [0.29, 0.717) is 4.90 Å². The van der Waals surface area contributed by atoms with Crippen LogP contribution in [0.25, 0.3) is 0 Å². The topological polar surface area (TPSA) is 63.3 Å². The number of amides is 1. The molecule has 0 bridgehead atoms. The summed E-state index contributed by atoms with van der Waals surface area (Å²) < 4.78 is 0. The molecule has 0 saturated carbocycles. The number of carbonyl (C=O) groups is 1. The Morgan fingerprint density at radius 2 is 2.31 bits per heavy atom. The lowest BCUT2D eigenvalue weighted by Gasteiger charge is -2.05. The zero-order valence-corrected chi connectivity index (χ0v) is 8.10. The third kappa shape index (κ3) is 2.15. The molecule has 0 spiro atoms. The molecule has 0 aliphatic heterocycles. The van der Waals surface area contributed by atoms with Crippen LogP contribution in [0.1, 0.15) is 17.3 Å². The maximum absolute atomic E-state index is 10.8. The van der Waals surface area contributed by atoms with E-state index in [4.69, 9.17) is 5.73 Å². The van der Waals surface area contributed by atoms with Gasteiger partial charge in [0.2, 0.25) is 0 Å². The number of nitrogens with two attached hydrogens (primary N) is 1. The maximum atomic E-state index is 10.8. The minimum absolute atomic E-state index is 0.0122. The summed E-state index contributed by atoms with van der Waals surface area (Å²) in [5, 5.41) is 9.57. The minimum atomic E-state index is -0.601. The highest BCUT2D eigenvalue weighted by atomic mass is 32.2. The Morgan fingerprint density at radius 1 is 1.62 bits per heavy atom. The second-order valence-electron chi connectivity index (χ2n) is 2.45. The van der Waals surface area contributed by atoms with Crippen molar-refractivity contribution in [1.82, 2.24) is 0 Å². The second-order valence-corrected chi connectivity index (χ2v) is 3.76. The summed E-state index contributed by atoms with van der Waals surface area (Å²) in [5.74, 6) is 0.230. The summed E-state index contributed by atoms with van der Waals surface area (Å²) >= 11 is 1.48. The van der Waals surface area contributed by atoms with E-state index in [0.717, 1.165) is 5.75 Å². The Labute approximate surface area is 80.9 Å². The molecule has 4 heteroatoms. The van der Waals surface area contributed by atoms with Gasteiger partial charge in [-0.15, -0.1) is 11.8 Å². The van der Waals surface area contributed by atoms with E-state index in [1.54, 1.807) is 12.1 Å². The lowest BCUT2D eigenvalue weighted by Crippen LogP contribution is -2.11. The van der Waals surface area contributed by atoms with Gasteiger partial charge in [-0.25, -0.2) is 0 Å². The molecule has 0 aromatic heterocycles. The molecule has 1 aromatic rings. The molecule has 0 saturated heterocycles. The van der Waals surface area contributed by atoms with Gasteiger partial charge >= 0.3 is 0 Å². The van der Waals surface area contributed by atoms with Crippen molar-refractivity contribution in [3.63, 3.8) is 0 Å². The summed E-state index contributed by atoms with van der Waals surface area (Å²) in [7, 11) is 0. The van der Waals surface area contributed by atoms with E-state index in [1.165, 1.54) is 17.8 Å². The number of para-hydroxylation sites is 1. The summed E-state index contributed by atoms with van der Waals surface area (Å²) in [6, 6.07) is 4.98. The van der Waals surface area contributed by atoms with Gasteiger partial charge in [0, 0.05) is 4.90 Å². The largest absolute Gasteiger partial charge is 0.506 e. The number of hydrogen-bond acceptors (Lipinski definition) is 3. The molecule has 3 N–H and O–H groups in total. The second kappa shape index (κ2) is 4.18. The van der Waals surface area contributed by atoms with Crippen LogP contribution >= 0.6 is 11.8 Å². The zero-order chi connectivity index (χ0) is 9.84. The fourth-order valence-corrected chi connectivity index (χ4v) is 1.73. The molecule has 0 fully saturated rings. The fraction of sp³-hybridized carbons (Fsp3) is 0.222. The van der Waals surface area contributed by atoms with Gasteiger partial charge in [-0.1, -0.05) is 13.0 Å². The van der Waals surface area contributed by atoms with Crippen molar-refractivity contribution in [3.8, 4) is 5.75 Å². The van der Waals surface area contributed by atoms with Gasteiger partial charge in [0.05, 0.1) is 5.56 Å². The first-order valence-corrected chi connectivity index (χ1v) is 4.90. The van der Waals surface area contributed by atoms with Crippen molar-refractivity contribution >= 4 is 17.7 Å². The van der Waals surface area contributed by atoms with Gasteiger partial charge in [0.25, 0.3) is 5.91 Å². The van der Waals surface area contributed by atoms with Crippen molar-refractivity contribution < 1.29 is 9.90 Å².